The molecule has 1 saturated heterocycles. The quantitative estimate of drug-likeness (QED) is 0.288. The topological polar surface area (TPSA) is 18.5 Å². The van der Waals surface area contributed by atoms with Gasteiger partial charge in [0.25, 0.3) is 0 Å². The van der Waals surface area contributed by atoms with Crippen molar-refractivity contribution in [2.45, 2.75) is 38.9 Å². The van der Waals surface area contributed by atoms with Gasteiger partial charge in [0.1, 0.15) is 0 Å². The van der Waals surface area contributed by atoms with Crippen LogP contribution in [0.1, 0.15) is 27.7 Å². The Morgan fingerprint density at radius 3 is 1.38 bits per heavy atom. The van der Waals surface area contributed by atoms with E-state index < -0.39 is 0 Å². The van der Waals surface area contributed by atoms with Crippen molar-refractivity contribution in [3.8, 4) is 33.4 Å². The van der Waals surface area contributed by atoms with Crippen LogP contribution >= 0.6 is 11.6 Å². The predicted octanol–water partition coefficient (Wildman–Crippen LogP) is 7.64. The molecular weight excluding hydrogens is 439 g/mol. The van der Waals surface area contributed by atoms with Gasteiger partial charge in [-0.15, -0.1) is 0 Å². The summed E-state index contributed by atoms with van der Waals surface area (Å²) in [4.78, 5) is 0. The Kier molecular flexibility index (Phi) is 5.89. The molecule has 0 unspecified atom stereocenters. The lowest BCUT2D eigenvalue weighted by Gasteiger charge is -2.32. The number of halogens is 1. The molecule has 0 amide bonds. The molecule has 0 bridgehead atoms. The summed E-state index contributed by atoms with van der Waals surface area (Å²) in [6, 6.07) is 33.7. The molecule has 0 atom stereocenters. The Bertz CT molecular complexity index is 1280. The van der Waals surface area contributed by atoms with Gasteiger partial charge in [-0.1, -0.05) is 96.5 Å². The maximum Gasteiger partial charge on any atom is 0.494 e. The summed E-state index contributed by atoms with van der Waals surface area (Å²) in [5.74, 6) is 0. The van der Waals surface area contributed by atoms with Crippen LogP contribution in [0.3, 0.4) is 0 Å². The first-order valence-electron chi connectivity index (χ1n) is 11.6. The van der Waals surface area contributed by atoms with Gasteiger partial charge in [0.05, 0.1) is 11.2 Å². The zero-order valence-electron chi connectivity index (χ0n) is 20.0. The van der Waals surface area contributed by atoms with Crippen LogP contribution in [0.25, 0.3) is 33.4 Å². The molecule has 0 saturated carbocycles. The Morgan fingerprint density at radius 1 is 0.529 bits per heavy atom. The Morgan fingerprint density at radius 2 is 0.912 bits per heavy atom. The highest BCUT2D eigenvalue weighted by Gasteiger charge is 2.51. The van der Waals surface area contributed by atoms with Gasteiger partial charge >= 0.3 is 7.12 Å². The standard InChI is InChI=1S/C30H28BClO2/c1-29(2)30(3,4)34-31(33-29)25-17-13-22(14-18-25)21-9-11-23(12-10-21)27-7-5-6-8-28(27)24-15-19-26(32)20-16-24/h5-20H,1-4H3. The molecule has 1 heterocycles. The maximum atomic E-state index is 6.19. The molecule has 4 aromatic rings. The van der Waals surface area contributed by atoms with Gasteiger partial charge in [0.2, 0.25) is 0 Å². The normalized spacial score (nSPS) is 16.6. The van der Waals surface area contributed by atoms with Crippen molar-refractivity contribution in [2.24, 2.45) is 0 Å². The van der Waals surface area contributed by atoms with Gasteiger partial charge in [-0.05, 0) is 78.7 Å². The van der Waals surface area contributed by atoms with Gasteiger partial charge in [-0.3, -0.25) is 0 Å². The SMILES string of the molecule is CC1(C)OB(c2ccc(-c3ccc(-c4ccccc4-c4ccc(Cl)cc4)cc3)cc2)OC1(C)C. The highest BCUT2D eigenvalue weighted by atomic mass is 35.5. The molecular formula is C30H28BClO2. The zero-order valence-corrected chi connectivity index (χ0v) is 20.8. The minimum absolute atomic E-state index is 0.339. The van der Waals surface area contributed by atoms with Gasteiger partial charge in [-0.2, -0.15) is 0 Å². The smallest absolute Gasteiger partial charge is 0.399 e. The summed E-state index contributed by atoms with van der Waals surface area (Å²) in [7, 11) is -0.342. The molecule has 34 heavy (non-hydrogen) atoms. The summed E-state index contributed by atoms with van der Waals surface area (Å²) in [6.45, 7) is 8.31. The van der Waals surface area contributed by atoms with Crippen molar-refractivity contribution in [3.05, 3.63) is 102 Å². The van der Waals surface area contributed by atoms with Crippen LogP contribution in [0, 0.1) is 0 Å². The number of rotatable bonds is 4. The van der Waals surface area contributed by atoms with Crippen molar-refractivity contribution < 1.29 is 9.31 Å². The van der Waals surface area contributed by atoms with Crippen LogP contribution in [-0.2, 0) is 9.31 Å². The van der Waals surface area contributed by atoms with E-state index in [0.717, 1.165) is 21.6 Å². The minimum Gasteiger partial charge on any atom is -0.399 e. The van der Waals surface area contributed by atoms with Crippen LogP contribution in [-0.4, -0.2) is 18.3 Å². The average molecular weight is 467 g/mol. The third kappa shape index (κ3) is 4.32. The van der Waals surface area contributed by atoms with E-state index in [4.69, 9.17) is 20.9 Å². The lowest BCUT2D eigenvalue weighted by atomic mass is 9.78. The van der Waals surface area contributed by atoms with Crippen LogP contribution in [0.5, 0.6) is 0 Å². The van der Waals surface area contributed by atoms with Crippen LogP contribution < -0.4 is 5.46 Å². The van der Waals surface area contributed by atoms with Crippen LogP contribution in [0.2, 0.25) is 5.02 Å². The summed E-state index contributed by atoms with van der Waals surface area (Å²) in [6.07, 6.45) is 0. The van der Waals surface area contributed by atoms with E-state index in [-0.39, 0.29) is 18.3 Å². The van der Waals surface area contributed by atoms with E-state index in [1.165, 1.54) is 22.3 Å². The first-order chi connectivity index (χ1) is 16.2. The molecule has 1 aliphatic heterocycles. The number of benzene rings is 4. The molecule has 0 spiro atoms. The molecule has 4 heteroatoms. The maximum absolute atomic E-state index is 6.19. The second kappa shape index (κ2) is 8.74. The van der Waals surface area contributed by atoms with Crippen LogP contribution in [0.15, 0.2) is 97.1 Å². The summed E-state index contributed by atoms with van der Waals surface area (Å²) in [5.41, 5.74) is 7.43. The van der Waals surface area contributed by atoms with Crippen molar-refractivity contribution >= 4 is 24.2 Å². The molecule has 2 nitrogen and oxygen atoms in total. The van der Waals surface area contributed by atoms with Crippen molar-refractivity contribution in [1.82, 2.24) is 0 Å². The van der Waals surface area contributed by atoms with Crippen LogP contribution in [0.4, 0.5) is 0 Å². The van der Waals surface area contributed by atoms with E-state index in [0.29, 0.717) is 0 Å². The van der Waals surface area contributed by atoms with E-state index in [2.05, 4.69) is 113 Å². The third-order valence-electron chi connectivity index (χ3n) is 7.05. The molecule has 170 valence electrons. The fourth-order valence-corrected chi connectivity index (χ4v) is 4.40. The first kappa shape index (κ1) is 22.9. The van der Waals surface area contributed by atoms with Gasteiger partial charge in [0.15, 0.2) is 0 Å². The van der Waals surface area contributed by atoms with Gasteiger partial charge < -0.3 is 9.31 Å². The molecule has 0 N–H and O–H groups in total. The molecule has 0 aliphatic carbocycles. The Balaban J connectivity index is 1.38. The lowest BCUT2D eigenvalue weighted by molar-refractivity contribution is 0.00578. The number of hydrogen-bond acceptors (Lipinski definition) is 2. The van der Waals surface area contributed by atoms with Gasteiger partial charge in [0, 0.05) is 5.02 Å². The van der Waals surface area contributed by atoms with Gasteiger partial charge in [-0.25, -0.2) is 0 Å². The van der Waals surface area contributed by atoms with E-state index in [9.17, 15) is 0 Å². The first-order valence-corrected chi connectivity index (χ1v) is 12.0. The monoisotopic (exact) mass is 466 g/mol. The molecule has 0 aromatic heterocycles. The molecule has 4 aromatic carbocycles. The average Bonchev–Trinajstić information content (AvgIpc) is 3.06. The highest BCUT2D eigenvalue weighted by molar-refractivity contribution is 6.62. The fraction of sp³-hybridized carbons (Fsp3) is 0.200. The predicted molar refractivity (Wildman–Crippen MR) is 143 cm³/mol. The minimum atomic E-state index is -0.342. The van der Waals surface area contributed by atoms with E-state index >= 15 is 0 Å². The summed E-state index contributed by atoms with van der Waals surface area (Å²) in [5, 5.41) is 0.745. The molecule has 1 aliphatic rings. The summed E-state index contributed by atoms with van der Waals surface area (Å²) < 4.78 is 12.4. The number of hydrogen-bond donors (Lipinski definition) is 0. The third-order valence-corrected chi connectivity index (χ3v) is 7.30. The Hall–Kier alpha value is -2.85. The van der Waals surface area contributed by atoms with Crippen molar-refractivity contribution in [1.29, 1.82) is 0 Å². The largest absolute Gasteiger partial charge is 0.494 e. The molecule has 5 rings (SSSR count). The summed E-state index contributed by atoms with van der Waals surface area (Å²) >= 11 is 6.09. The van der Waals surface area contributed by atoms with Crippen molar-refractivity contribution in [2.75, 3.05) is 0 Å². The fourth-order valence-electron chi connectivity index (χ4n) is 4.27. The second-order valence-corrected chi connectivity index (χ2v) is 10.3. The second-order valence-electron chi connectivity index (χ2n) is 9.84. The van der Waals surface area contributed by atoms with E-state index in [1.54, 1.807) is 0 Å². The molecule has 1 fully saturated rings. The molecule has 0 radical (unpaired) electrons. The Labute approximate surface area is 207 Å². The van der Waals surface area contributed by atoms with Crippen molar-refractivity contribution in [3.63, 3.8) is 0 Å². The highest BCUT2D eigenvalue weighted by Crippen LogP contribution is 2.37. The lowest BCUT2D eigenvalue weighted by Crippen LogP contribution is -2.41. The van der Waals surface area contributed by atoms with E-state index in [1.807, 2.05) is 12.1 Å². The zero-order chi connectivity index (χ0) is 23.9.